The van der Waals surface area contributed by atoms with Gasteiger partial charge in [-0.3, -0.25) is 0 Å². The lowest BCUT2D eigenvalue weighted by atomic mass is 10.1. The zero-order chi connectivity index (χ0) is 33.5. The summed E-state index contributed by atoms with van der Waals surface area (Å²) >= 11 is 1.82. The number of thiophene rings is 1. The van der Waals surface area contributed by atoms with Gasteiger partial charge >= 0.3 is 0 Å². The maximum Gasteiger partial charge on any atom is 0.164 e. The number of para-hydroxylation sites is 2. The maximum absolute atomic E-state index is 6.60. The molecule has 238 valence electrons. The minimum atomic E-state index is 0.606. The molecule has 11 aromatic rings. The van der Waals surface area contributed by atoms with Crippen molar-refractivity contribution >= 4 is 75.3 Å². The number of hydrogen-bond donors (Lipinski definition) is 0. The van der Waals surface area contributed by atoms with Gasteiger partial charge in [-0.25, -0.2) is 15.0 Å². The highest BCUT2D eigenvalue weighted by atomic mass is 32.1. The number of furan rings is 1. The molecule has 0 spiro atoms. The van der Waals surface area contributed by atoms with Crippen molar-refractivity contribution in [2.45, 2.75) is 0 Å². The van der Waals surface area contributed by atoms with Gasteiger partial charge in [0.25, 0.3) is 0 Å². The SMILES string of the molecule is c1ccc(-c2nc(-c3ccccc3)nc(-c3ccc4c(c3)oc3cc5sc6c(-n7c8ccccc8c8ccccc87)cccc6c5cc34)n2)cc1. The monoisotopic (exact) mass is 670 g/mol. The molecule has 5 nitrogen and oxygen atoms in total. The molecule has 0 amide bonds. The largest absolute Gasteiger partial charge is 0.456 e. The normalized spacial score (nSPS) is 11.9. The van der Waals surface area contributed by atoms with Gasteiger partial charge < -0.3 is 8.98 Å². The van der Waals surface area contributed by atoms with Crippen LogP contribution in [-0.4, -0.2) is 19.5 Å². The smallest absolute Gasteiger partial charge is 0.164 e. The van der Waals surface area contributed by atoms with Gasteiger partial charge in [-0.2, -0.15) is 0 Å². The predicted molar refractivity (Wildman–Crippen MR) is 211 cm³/mol. The van der Waals surface area contributed by atoms with E-state index in [4.69, 9.17) is 19.4 Å². The highest BCUT2D eigenvalue weighted by molar-refractivity contribution is 7.26. The zero-order valence-electron chi connectivity index (χ0n) is 27.1. The van der Waals surface area contributed by atoms with E-state index in [0.717, 1.165) is 38.6 Å². The number of benzene rings is 7. The molecular formula is C45H26N4OS. The van der Waals surface area contributed by atoms with Crippen LogP contribution in [0.3, 0.4) is 0 Å². The summed E-state index contributed by atoms with van der Waals surface area (Å²) in [5.74, 6) is 1.88. The van der Waals surface area contributed by atoms with Crippen molar-refractivity contribution in [3.05, 3.63) is 158 Å². The van der Waals surface area contributed by atoms with Gasteiger partial charge in [-0.1, -0.05) is 115 Å². The fourth-order valence-corrected chi connectivity index (χ4v) is 8.70. The summed E-state index contributed by atoms with van der Waals surface area (Å²) in [7, 11) is 0. The van der Waals surface area contributed by atoms with E-state index in [2.05, 4.69) is 102 Å². The van der Waals surface area contributed by atoms with Crippen molar-refractivity contribution in [3.8, 4) is 39.9 Å². The van der Waals surface area contributed by atoms with E-state index in [9.17, 15) is 0 Å². The molecule has 51 heavy (non-hydrogen) atoms. The Hall–Kier alpha value is -6.63. The van der Waals surface area contributed by atoms with Crippen LogP contribution in [-0.2, 0) is 0 Å². The van der Waals surface area contributed by atoms with E-state index in [1.54, 1.807) is 0 Å². The summed E-state index contributed by atoms with van der Waals surface area (Å²) in [6, 6.07) is 54.9. The molecule has 0 saturated carbocycles. The van der Waals surface area contributed by atoms with Gasteiger partial charge in [0.05, 0.1) is 21.4 Å². The lowest BCUT2D eigenvalue weighted by Crippen LogP contribution is -2.00. The van der Waals surface area contributed by atoms with E-state index in [-0.39, 0.29) is 0 Å². The lowest BCUT2D eigenvalue weighted by Gasteiger charge is -2.09. The van der Waals surface area contributed by atoms with Gasteiger partial charge in [-0.15, -0.1) is 11.3 Å². The molecule has 0 unspecified atom stereocenters. The Labute approximate surface area is 295 Å². The van der Waals surface area contributed by atoms with Crippen molar-refractivity contribution < 1.29 is 4.42 Å². The summed E-state index contributed by atoms with van der Waals surface area (Å²) in [6.45, 7) is 0. The highest BCUT2D eigenvalue weighted by Gasteiger charge is 2.19. The fraction of sp³-hybridized carbons (Fsp3) is 0. The van der Waals surface area contributed by atoms with Crippen molar-refractivity contribution in [3.63, 3.8) is 0 Å². The van der Waals surface area contributed by atoms with Crippen LogP contribution in [0.1, 0.15) is 0 Å². The molecular weight excluding hydrogens is 645 g/mol. The molecule has 11 rings (SSSR count). The van der Waals surface area contributed by atoms with Gasteiger partial charge in [0.2, 0.25) is 0 Å². The second-order valence-electron chi connectivity index (χ2n) is 12.8. The summed E-state index contributed by atoms with van der Waals surface area (Å²) in [6.07, 6.45) is 0. The summed E-state index contributed by atoms with van der Waals surface area (Å²) < 4.78 is 11.5. The van der Waals surface area contributed by atoms with E-state index in [0.29, 0.717) is 17.5 Å². The molecule has 0 atom stereocenters. The van der Waals surface area contributed by atoms with E-state index >= 15 is 0 Å². The van der Waals surface area contributed by atoms with Crippen LogP contribution in [0.5, 0.6) is 0 Å². The van der Waals surface area contributed by atoms with Crippen molar-refractivity contribution in [2.75, 3.05) is 0 Å². The van der Waals surface area contributed by atoms with Crippen molar-refractivity contribution in [1.29, 1.82) is 0 Å². The van der Waals surface area contributed by atoms with Gasteiger partial charge in [0.15, 0.2) is 17.5 Å². The third kappa shape index (κ3) is 4.37. The second kappa shape index (κ2) is 10.9. The standard InChI is InChI=1S/C45H26N4OS/c1-3-12-27(13-4-1)43-46-44(28-14-5-2-6-15-28)48-45(47-43)29-22-23-32-34-25-35-33-18-11-21-38(42(33)51-41(35)26-40(34)50-39(32)24-29)49-36-19-9-7-16-30(36)31-17-8-10-20-37(31)49/h1-26H. The van der Waals surface area contributed by atoms with Crippen molar-refractivity contribution in [2.24, 2.45) is 0 Å². The highest BCUT2D eigenvalue weighted by Crippen LogP contribution is 2.44. The number of aromatic nitrogens is 4. The van der Waals surface area contributed by atoms with Gasteiger partial charge in [-0.05, 0) is 42.5 Å². The van der Waals surface area contributed by atoms with Crippen LogP contribution in [0.2, 0.25) is 0 Å². The maximum atomic E-state index is 6.60. The molecule has 4 aromatic heterocycles. The van der Waals surface area contributed by atoms with Crippen LogP contribution in [0.4, 0.5) is 0 Å². The molecule has 0 aliphatic rings. The molecule has 0 fully saturated rings. The molecule has 0 N–H and O–H groups in total. The Morgan fingerprint density at radius 2 is 0.980 bits per heavy atom. The Kier molecular flexibility index (Phi) is 6.05. The van der Waals surface area contributed by atoms with E-state index < -0.39 is 0 Å². The summed E-state index contributed by atoms with van der Waals surface area (Å²) in [4.78, 5) is 14.7. The Balaban J connectivity index is 1.07. The molecule has 7 aromatic carbocycles. The summed E-state index contributed by atoms with van der Waals surface area (Å²) in [5.41, 5.74) is 8.05. The van der Waals surface area contributed by atoms with Crippen LogP contribution < -0.4 is 0 Å². The first-order valence-corrected chi connectivity index (χ1v) is 17.8. The Bertz CT molecular complexity index is 3030. The van der Waals surface area contributed by atoms with Crippen molar-refractivity contribution in [1.82, 2.24) is 19.5 Å². The number of hydrogen-bond acceptors (Lipinski definition) is 5. The van der Waals surface area contributed by atoms with Gasteiger partial charge in [0, 0.05) is 53.7 Å². The minimum Gasteiger partial charge on any atom is -0.456 e. The second-order valence-corrected chi connectivity index (χ2v) is 13.9. The Morgan fingerprint density at radius 1 is 0.412 bits per heavy atom. The zero-order valence-corrected chi connectivity index (χ0v) is 27.9. The first kappa shape index (κ1) is 28.2. The number of nitrogens with zero attached hydrogens (tertiary/aromatic N) is 4. The number of rotatable bonds is 4. The lowest BCUT2D eigenvalue weighted by molar-refractivity contribution is 0.669. The third-order valence-corrected chi connectivity index (χ3v) is 11.0. The minimum absolute atomic E-state index is 0.606. The first-order valence-electron chi connectivity index (χ1n) is 16.9. The van der Waals surface area contributed by atoms with E-state index in [1.807, 2.05) is 72.0 Å². The molecule has 4 heterocycles. The van der Waals surface area contributed by atoms with Crippen LogP contribution in [0.15, 0.2) is 162 Å². The summed E-state index contributed by atoms with van der Waals surface area (Å²) in [5, 5.41) is 7.16. The molecule has 0 radical (unpaired) electrons. The molecule has 0 saturated heterocycles. The fourth-order valence-electron chi connectivity index (χ4n) is 7.49. The first-order chi connectivity index (χ1) is 25.3. The quantitative estimate of drug-likeness (QED) is 0.187. The van der Waals surface area contributed by atoms with Gasteiger partial charge in [0.1, 0.15) is 11.2 Å². The average Bonchev–Trinajstić information content (AvgIpc) is 3.86. The third-order valence-electron chi connectivity index (χ3n) is 9.85. The molecule has 0 bridgehead atoms. The molecule has 0 aliphatic carbocycles. The van der Waals surface area contributed by atoms with Crippen LogP contribution in [0, 0.1) is 0 Å². The number of fused-ring (bicyclic) bond motifs is 9. The topological polar surface area (TPSA) is 56.7 Å². The molecule has 6 heteroatoms. The molecule has 0 aliphatic heterocycles. The van der Waals surface area contributed by atoms with E-state index in [1.165, 1.54) is 47.7 Å². The predicted octanol–water partition coefficient (Wildman–Crippen LogP) is 12.2. The van der Waals surface area contributed by atoms with Crippen LogP contribution in [0.25, 0.3) is 104 Å². The Morgan fingerprint density at radius 3 is 1.65 bits per heavy atom. The average molecular weight is 671 g/mol. The van der Waals surface area contributed by atoms with Crippen LogP contribution >= 0.6 is 11.3 Å².